The van der Waals surface area contributed by atoms with Crippen LogP contribution in [0.5, 0.6) is 0 Å². The van der Waals surface area contributed by atoms with Crippen LogP contribution < -0.4 is 16.0 Å². The fourth-order valence-corrected chi connectivity index (χ4v) is 8.01. The van der Waals surface area contributed by atoms with Crippen LogP contribution in [0.15, 0.2) is 114 Å². The summed E-state index contributed by atoms with van der Waals surface area (Å²) in [6.45, 7) is 8.75. The fourth-order valence-electron chi connectivity index (χ4n) is 6.50. The summed E-state index contributed by atoms with van der Waals surface area (Å²) in [5, 5.41) is 14.8. The molecule has 0 bridgehead atoms. The van der Waals surface area contributed by atoms with Gasteiger partial charge in [0.25, 0.3) is 10.0 Å². The highest BCUT2D eigenvalue weighted by atomic mass is 32.2. The zero-order chi connectivity index (χ0) is 36.1. The van der Waals surface area contributed by atoms with Crippen molar-refractivity contribution in [2.45, 2.75) is 24.9 Å². The first-order chi connectivity index (χ1) is 25.3. The van der Waals surface area contributed by atoms with Crippen molar-refractivity contribution in [1.29, 1.82) is 0 Å². The molecule has 3 N–H and O–H groups in total. The standard InChI is InChI=1S/C39H43N9O3S/c1-3-47-28-36(37(44-47)29-14-16-31(17-15-29)43-39(49)42-30-10-6-4-7-11-30)34-18-19-41-38-35(34)26-32(27-40-20-21-46-24-22-45(2)23-25-46)48(38)52(50,51)33-12-8-5-9-13-33/h4-19,26,28,40H,3,20-25,27H2,1-2H3,(H2,42,43,49). The zero-order valence-electron chi connectivity index (χ0n) is 29.4. The Morgan fingerprint density at radius 1 is 0.827 bits per heavy atom. The van der Waals surface area contributed by atoms with Crippen LogP contribution in [0.2, 0.25) is 0 Å². The molecule has 0 aliphatic carbocycles. The van der Waals surface area contributed by atoms with E-state index in [1.54, 1.807) is 36.5 Å². The lowest BCUT2D eigenvalue weighted by atomic mass is 10.00. The predicted octanol–water partition coefficient (Wildman–Crippen LogP) is 5.80. The second-order valence-corrected chi connectivity index (χ2v) is 14.7. The third kappa shape index (κ3) is 7.63. The number of pyridine rings is 1. The lowest BCUT2D eigenvalue weighted by Gasteiger charge is -2.32. The maximum Gasteiger partial charge on any atom is 0.323 e. The van der Waals surface area contributed by atoms with E-state index in [9.17, 15) is 13.2 Å². The Hall–Kier alpha value is -5.34. The van der Waals surface area contributed by atoms with E-state index < -0.39 is 10.0 Å². The molecule has 1 aliphatic rings. The number of carbonyl (C=O) groups is 1. The molecule has 52 heavy (non-hydrogen) atoms. The van der Waals surface area contributed by atoms with Gasteiger partial charge < -0.3 is 20.9 Å². The number of para-hydroxylation sites is 1. The number of aromatic nitrogens is 4. The molecule has 12 nitrogen and oxygen atoms in total. The zero-order valence-corrected chi connectivity index (χ0v) is 30.2. The number of hydrogen-bond donors (Lipinski definition) is 3. The number of hydrogen-bond acceptors (Lipinski definition) is 8. The van der Waals surface area contributed by atoms with E-state index in [1.165, 1.54) is 3.97 Å². The number of likely N-dealkylation sites (N-methyl/N-ethyl adjacent to an activating group) is 1. The van der Waals surface area contributed by atoms with Crippen molar-refractivity contribution in [2.75, 3.05) is 56.9 Å². The van der Waals surface area contributed by atoms with E-state index in [2.05, 4.69) is 37.8 Å². The lowest BCUT2D eigenvalue weighted by molar-refractivity contribution is 0.154. The first-order valence-corrected chi connectivity index (χ1v) is 19.0. The molecule has 268 valence electrons. The van der Waals surface area contributed by atoms with Crippen molar-refractivity contribution in [3.63, 3.8) is 0 Å². The van der Waals surface area contributed by atoms with Gasteiger partial charge in [0.2, 0.25) is 0 Å². The number of urea groups is 1. The number of nitrogens with one attached hydrogen (secondary N) is 3. The summed E-state index contributed by atoms with van der Waals surface area (Å²) < 4.78 is 31.8. The summed E-state index contributed by atoms with van der Waals surface area (Å²) in [7, 11) is -1.83. The van der Waals surface area contributed by atoms with E-state index in [-0.39, 0.29) is 10.9 Å². The molecule has 6 aromatic rings. The van der Waals surface area contributed by atoms with Gasteiger partial charge in [-0.1, -0.05) is 48.5 Å². The summed E-state index contributed by atoms with van der Waals surface area (Å²) in [6, 6.07) is 28.8. The van der Waals surface area contributed by atoms with Gasteiger partial charge in [0, 0.05) is 92.6 Å². The van der Waals surface area contributed by atoms with Crippen LogP contribution >= 0.6 is 0 Å². The number of rotatable bonds is 12. The van der Waals surface area contributed by atoms with Gasteiger partial charge in [0.15, 0.2) is 5.65 Å². The molecular formula is C39H43N9O3S. The molecule has 3 aromatic carbocycles. The number of amides is 2. The Balaban J connectivity index is 1.21. The number of nitrogens with zero attached hydrogens (tertiary/aromatic N) is 6. The van der Waals surface area contributed by atoms with Gasteiger partial charge in [-0.15, -0.1) is 0 Å². The van der Waals surface area contributed by atoms with Crippen molar-refractivity contribution >= 4 is 38.5 Å². The summed E-state index contributed by atoms with van der Waals surface area (Å²) in [4.78, 5) is 22.2. The minimum absolute atomic E-state index is 0.198. The van der Waals surface area contributed by atoms with Gasteiger partial charge in [-0.2, -0.15) is 5.10 Å². The number of anilines is 2. The molecule has 13 heteroatoms. The number of aryl methyl sites for hydroxylation is 1. The summed E-state index contributed by atoms with van der Waals surface area (Å²) in [6.07, 6.45) is 3.64. The predicted molar refractivity (Wildman–Crippen MR) is 206 cm³/mol. The SMILES string of the molecule is CCn1cc(-c2ccnc3c2cc(CNCCN2CCN(C)CC2)n3S(=O)(=O)c2ccccc2)c(-c2ccc(NC(=O)Nc3ccccc3)cc2)n1. The van der Waals surface area contributed by atoms with Crippen LogP contribution in [0.25, 0.3) is 33.4 Å². The second-order valence-electron chi connectivity index (χ2n) is 12.9. The van der Waals surface area contributed by atoms with Gasteiger partial charge in [0.1, 0.15) is 5.69 Å². The highest BCUT2D eigenvalue weighted by molar-refractivity contribution is 7.90. The van der Waals surface area contributed by atoms with E-state index in [0.29, 0.717) is 41.2 Å². The van der Waals surface area contributed by atoms with Crippen LogP contribution in [0.3, 0.4) is 0 Å². The quantitative estimate of drug-likeness (QED) is 0.136. The van der Waals surface area contributed by atoms with Crippen LogP contribution in [-0.4, -0.2) is 89.3 Å². The van der Waals surface area contributed by atoms with Crippen molar-refractivity contribution in [3.05, 3.63) is 115 Å². The third-order valence-electron chi connectivity index (χ3n) is 9.35. The molecule has 1 saturated heterocycles. The monoisotopic (exact) mass is 717 g/mol. The van der Waals surface area contributed by atoms with Crippen molar-refractivity contribution in [3.8, 4) is 22.4 Å². The van der Waals surface area contributed by atoms with E-state index in [0.717, 1.165) is 61.7 Å². The van der Waals surface area contributed by atoms with Crippen molar-refractivity contribution in [2.24, 2.45) is 0 Å². The van der Waals surface area contributed by atoms with Gasteiger partial charge in [-0.25, -0.2) is 22.2 Å². The molecule has 7 rings (SSSR count). The van der Waals surface area contributed by atoms with E-state index in [4.69, 9.17) is 5.10 Å². The molecule has 0 saturated carbocycles. The van der Waals surface area contributed by atoms with Crippen LogP contribution in [0, 0.1) is 0 Å². The molecular weight excluding hydrogens is 675 g/mol. The minimum Gasteiger partial charge on any atom is -0.310 e. The number of piperazine rings is 1. The Kier molecular flexibility index (Phi) is 10.5. The molecule has 0 unspecified atom stereocenters. The highest BCUT2D eigenvalue weighted by Gasteiger charge is 2.26. The highest BCUT2D eigenvalue weighted by Crippen LogP contribution is 2.37. The van der Waals surface area contributed by atoms with Gasteiger partial charge in [-0.05, 0) is 68.1 Å². The molecule has 0 radical (unpaired) electrons. The topological polar surface area (TPSA) is 129 Å². The minimum atomic E-state index is -3.97. The maximum atomic E-state index is 14.3. The Bertz CT molecular complexity index is 2250. The Morgan fingerprint density at radius 2 is 1.50 bits per heavy atom. The first kappa shape index (κ1) is 35.1. The third-order valence-corrected chi connectivity index (χ3v) is 11.1. The smallest absolute Gasteiger partial charge is 0.310 e. The number of carbonyl (C=O) groups excluding carboxylic acids is 1. The van der Waals surface area contributed by atoms with Crippen LogP contribution in [0.1, 0.15) is 12.6 Å². The molecule has 1 aliphatic heterocycles. The number of benzene rings is 3. The Labute approximate surface area is 304 Å². The lowest BCUT2D eigenvalue weighted by Crippen LogP contribution is -2.46. The second kappa shape index (κ2) is 15.5. The molecule has 1 fully saturated rings. The van der Waals surface area contributed by atoms with Crippen molar-refractivity contribution < 1.29 is 13.2 Å². The molecule has 0 spiro atoms. The average molecular weight is 718 g/mol. The van der Waals surface area contributed by atoms with Crippen LogP contribution in [0.4, 0.5) is 16.2 Å². The average Bonchev–Trinajstić information content (AvgIpc) is 3.77. The Morgan fingerprint density at radius 3 is 2.19 bits per heavy atom. The summed E-state index contributed by atoms with van der Waals surface area (Å²) in [5.41, 5.74) is 5.55. The van der Waals surface area contributed by atoms with Gasteiger partial charge >= 0.3 is 6.03 Å². The largest absolute Gasteiger partial charge is 0.323 e. The molecule has 3 aromatic heterocycles. The first-order valence-electron chi connectivity index (χ1n) is 17.5. The molecule has 2 amide bonds. The fraction of sp³-hybridized carbons (Fsp3) is 0.256. The van der Waals surface area contributed by atoms with Crippen LogP contribution in [-0.2, 0) is 23.1 Å². The van der Waals surface area contributed by atoms with Gasteiger partial charge in [-0.3, -0.25) is 9.58 Å². The normalized spacial score (nSPS) is 14.1. The summed E-state index contributed by atoms with van der Waals surface area (Å²) >= 11 is 0. The summed E-state index contributed by atoms with van der Waals surface area (Å²) in [5.74, 6) is 0. The molecule has 0 atom stereocenters. The maximum absolute atomic E-state index is 14.3. The van der Waals surface area contributed by atoms with E-state index >= 15 is 0 Å². The van der Waals surface area contributed by atoms with Gasteiger partial charge in [0.05, 0.1) is 10.6 Å². The van der Waals surface area contributed by atoms with Crippen molar-refractivity contribution in [1.82, 2.24) is 33.9 Å². The van der Waals surface area contributed by atoms with E-state index in [1.807, 2.05) is 84.5 Å². The number of fused-ring (bicyclic) bond motifs is 1. The molecule has 4 heterocycles.